The molecule has 0 atom stereocenters. The van der Waals surface area contributed by atoms with E-state index < -0.39 is 5.97 Å². The van der Waals surface area contributed by atoms with Crippen LogP contribution in [-0.2, 0) is 9.53 Å². The van der Waals surface area contributed by atoms with Gasteiger partial charge in [0, 0.05) is 5.69 Å². The normalized spacial score (nSPS) is 10.2. The molecule has 1 aromatic heterocycles. The van der Waals surface area contributed by atoms with Crippen LogP contribution in [0.25, 0.3) is 0 Å². The number of carbonyl (C=O) groups is 2. The van der Waals surface area contributed by atoms with Gasteiger partial charge in [-0.1, -0.05) is 17.8 Å². The number of nitrogens with zero attached hydrogens (tertiary/aromatic N) is 2. The van der Waals surface area contributed by atoms with Crippen LogP contribution in [0, 0.1) is 6.92 Å². The molecule has 2 rings (SSSR count). The number of anilines is 1. The van der Waals surface area contributed by atoms with Gasteiger partial charge in [-0.3, -0.25) is 9.89 Å². The van der Waals surface area contributed by atoms with Crippen LogP contribution in [0.3, 0.4) is 0 Å². The number of aromatic amines is 1. The highest BCUT2D eigenvalue weighted by molar-refractivity contribution is 7.99. The van der Waals surface area contributed by atoms with E-state index in [4.69, 9.17) is 0 Å². The summed E-state index contributed by atoms with van der Waals surface area (Å²) in [5.41, 5.74) is 0.919. The molecule has 1 aromatic carbocycles. The number of methoxy groups -OCH3 is 1. The fourth-order valence-corrected chi connectivity index (χ4v) is 2.20. The van der Waals surface area contributed by atoms with Crippen molar-refractivity contribution < 1.29 is 14.3 Å². The Hall–Kier alpha value is -2.35. The van der Waals surface area contributed by atoms with Crippen molar-refractivity contribution in [2.24, 2.45) is 0 Å². The molecule has 1 heterocycles. The Labute approximate surface area is 125 Å². The van der Waals surface area contributed by atoms with E-state index >= 15 is 0 Å². The van der Waals surface area contributed by atoms with Gasteiger partial charge >= 0.3 is 5.97 Å². The molecule has 2 N–H and O–H groups in total. The lowest BCUT2D eigenvalue weighted by Gasteiger charge is -2.05. The first kappa shape index (κ1) is 15.0. The molecule has 0 aliphatic carbocycles. The third-order valence-electron chi connectivity index (χ3n) is 2.48. The fraction of sp³-hybridized carbons (Fsp3) is 0.231. The molecule has 21 heavy (non-hydrogen) atoms. The number of amides is 1. The third-order valence-corrected chi connectivity index (χ3v) is 3.32. The zero-order valence-electron chi connectivity index (χ0n) is 11.5. The molecule has 0 radical (unpaired) electrons. The van der Waals surface area contributed by atoms with Gasteiger partial charge in [-0.15, -0.1) is 5.10 Å². The first-order chi connectivity index (χ1) is 10.1. The summed E-state index contributed by atoms with van der Waals surface area (Å²) in [6.07, 6.45) is 0. The lowest BCUT2D eigenvalue weighted by atomic mass is 10.2. The fourth-order valence-electron chi connectivity index (χ4n) is 1.56. The van der Waals surface area contributed by atoms with Crippen LogP contribution in [0.5, 0.6) is 0 Å². The summed E-state index contributed by atoms with van der Waals surface area (Å²) in [5, 5.41) is 9.86. The second-order valence-corrected chi connectivity index (χ2v) is 5.06. The molecule has 0 saturated carbocycles. The molecule has 0 unspecified atom stereocenters. The average Bonchev–Trinajstić information content (AvgIpc) is 2.90. The minimum absolute atomic E-state index is 0.180. The van der Waals surface area contributed by atoms with Gasteiger partial charge in [-0.05, 0) is 25.1 Å². The first-order valence-corrected chi connectivity index (χ1v) is 7.07. The maximum Gasteiger partial charge on any atom is 0.337 e. The Balaban J connectivity index is 1.91. The highest BCUT2D eigenvalue weighted by Gasteiger charge is 2.09. The largest absolute Gasteiger partial charge is 0.465 e. The summed E-state index contributed by atoms with van der Waals surface area (Å²) in [5.74, 6) is 0.226. The van der Waals surface area contributed by atoms with Crippen LogP contribution in [0.15, 0.2) is 29.4 Å². The monoisotopic (exact) mass is 306 g/mol. The van der Waals surface area contributed by atoms with Crippen LogP contribution in [0.1, 0.15) is 16.2 Å². The van der Waals surface area contributed by atoms with Crippen molar-refractivity contribution in [3.8, 4) is 0 Å². The molecular weight excluding hydrogens is 292 g/mol. The number of carbonyl (C=O) groups excluding carboxylic acids is 2. The van der Waals surface area contributed by atoms with Crippen molar-refractivity contribution in [1.29, 1.82) is 0 Å². The molecular formula is C13H14N4O3S. The highest BCUT2D eigenvalue weighted by Crippen LogP contribution is 2.15. The lowest BCUT2D eigenvalue weighted by Crippen LogP contribution is -2.14. The summed E-state index contributed by atoms with van der Waals surface area (Å²) < 4.78 is 4.63. The Kier molecular flexibility index (Phi) is 4.94. The quantitative estimate of drug-likeness (QED) is 0.643. The predicted molar refractivity (Wildman–Crippen MR) is 78.3 cm³/mol. The Bertz CT molecular complexity index is 656. The average molecular weight is 306 g/mol. The first-order valence-electron chi connectivity index (χ1n) is 6.08. The molecule has 2 aromatic rings. The number of hydrogen-bond donors (Lipinski definition) is 2. The Morgan fingerprint density at radius 3 is 2.90 bits per heavy atom. The van der Waals surface area contributed by atoms with Crippen LogP contribution in [0.4, 0.5) is 5.69 Å². The summed E-state index contributed by atoms with van der Waals surface area (Å²) in [7, 11) is 1.31. The van der Waals surface area contributed by atoms with Gasteiger partial charge in [0.05, 0.1) is 18.4 Å². The van der Waals surface area contributed by atoms with Crippen molar-refractivity contribution in [3.05, 3.63) is 35.7 Å². The second-order valence-electron chi connectivity index (χ2n) is 4.11. The molecule has 0 spiro atoms. The molecule has 0 fully saturated rings. The van der Waals surface area contributed by atoms with Crippen molar-refractivity contribution in [2.75, 3.05) is 18.2 Å². The smallest absolute Gasteiger partial charge is 0.337 e. The maximum absolute atomic E-state index is 11.8. The third kappa shape index (κ3) is 4.32. The molecule has 1 amide bonds. The Morgan fingerprint density at radius 2 is 2.24 bits per heavy atom. The van der Waals surface area contributed by atoms with Gasteiger partial charge in [-0.2, -0.15) is 0 Å². The number of rotatable bonds is 5. The SMILES string of the molecule is COC(=O)c1cccc(NC(=O)CSc2n[nH]c(C)n2)c1. The zero-order valence-corrected chi connectivity index (χ0v) is 12.4. The van der Waals surface area contributed by atoms with Gasteiger partial charge in [0.2, 0.25) is 11.1 Å². The summed E-state index contributed by atoms with van der Waals surface area (Å²) >= 11 is 1.23. The van der Waals surface area contributed by atoms with Crippen LogP contribution < -0.4 is 5.32 Å². The van der Waals surface area contributed by atoms with Crippen molar-refractivity contribution in [1.82, 2.24) is 15.2 Å². The van der Waals surface area contributed by atoms with Crippen LogP contribution in [-0.4, -0.2) is 39.9 Å². The highest BCUT2D eigenvalue weighted by atomic mass is 32.2. The minimum Gasteiger partial charge on any atom is -0.465 e. The van der Waals surface area contributed by atoms with E-state index in [1.807, 2.05) is 0 Å². The van der Waals surface area contributed by atoms with Crippen molar-refractivity contribution in [3.63, 3.8) is 0 Å². The maximum atomic E-state index is 11.8. The molecule has 110 valence electrons. The van der Waals surface area contributed by atoms with Crippen molar-refractivity contribution >= 4 is 29.3 Å². The molecule has 7 nitrogen and oxygen atoms in total. The van der Waals surface area contributed by atoms with E-state index in [1.165, 1.54) is 18.9 Å². The van der Waals surface area contributed by atoms with Crippen LogP contribution >= 0.6 is 11.8 Å². The van der Waals surface area contributed by atoms with Gasteiger partial charge in [0.25, 0.3) is 0 Å². The van der Waals surface area contributed by atoms with Crippen molar-refractivity contribution in [2.45, 2.75) is 12.1 Å². The number of benzene rings is 1. The number of esters is 1. The summed E-state index contributed by atoms with van der Waals surface area (Å²) in [6, 6.07) is 6.55. The second kappa shape index (κ2) is 6.89. The number of thioether (sulfide) groups is 1. The molecule has 0 aliphatic heterocycles. The minimum atomic E-state index is -0.448. The predicted octanol–water partition coefficient (Wildman–Crippen LogP) is 1.63. The molecule has 0 bridgehead atoms. The number of ether oxygens (including phenoxy) is 1. The summed E-state index contributed by atoms with van der Waals surface area (Å²) in [4.78, 5) is 27.3. The number of hydrogen-bond acceptors (Lipinski definition) is 6. The molecule has 0 saturated heterocycles. The van der Waals surface area contributed by atoms with Crippen LogP contribution in [0.2, 0.25) is 0 Å². The van der Waals surface area contributed by atoms with E-state index in [9.17, 15) is 9.59 Å². The van der Waals surface area contributed by atoms with Gasteiger partial charge < -0.3 is 10.1 Å². The zero-order chi connectivity index (χ0) is 15.2. The Morgan fingerprint density at radius 1 is 1.43 bits per heavy atom. The van der Waals surface area contributed by atoms with E-state index in [-0.39, 0.29) is 11.7 Å². The van der Waals surface area contributed by atoms with E-state index in [2.05, 4.69) is 25.2 Å². The lowest BCUT2D eigenvalue weighted by molar-refractivity contribution is -0.113. The molecule has 0 aliphatic rings. The standard InChI is InChI=1S/C13H14N4O3S/c1-8-14-13(17-16-8)21-7-11(18)15-10-5-3-4-9(6-10)12(19)20-2/h3-6H,7H2,1-2H3,(H,15,18)(H,14,16,17). The number of H-pyrrole nitrogens is 1. The van der Waals surface area contributed by atoms with Gasteiger partial charge in [0.15, 0.2) is 0 Å². The number of aromatic nitrogens is 3. The summed E-state index contributed by atoms with van der Waals surface area (Å²) in [6.45, 7) is 1.79. The topological polar surface area (TPSA) is 97.0 Å². The number of aryl methyl sites for hydroxylation is 1. The van der Waals surface area contributed by atoms with E-state index in [0.29, 0.717) is 22.2 Å². The van der Waals surface area contributed by atoms with E-state index in [1.54, 1.807) is 31.2 Å². The number of nitrogens with one attached hydrogen (secondary N) is 2. The van der Waals surface area contributed by atoms with Gasteiger partial charge in [-0.25, -0.2) is 9.78 Å². The van der Waals surface area contributed by atoms with E-state index in [0.717, 1.165) is 0 Å². The van der Waals surface area contributed by atoms with Gasteiger partial charge in [0.1, 0.15) is 5.82 Å². The molecule has 8 heteroatoms.